The van der Waals surface area contributed by atoms with Crippen molar-refractivity contribution in [2.45, 2.75) is 6.61 Å². The van der Waals surface area contributed by atoms with Gasteiger partial charge in [-0.1, -0.05) is 30.3 Å². The number of hydrogen-bond donors (Lipinski definition) is 2. The van der Waals surface area contributed by atoms with Crippen LogP contribution in [0.15, 0.2) is 48.5 Å². The Morgan fingerprint density at radius 1 is 1.19 bits per heavy atom. The average Bonchev–Trinajstić information content (AvgIpc) is 2.48. The second-order valence-corrected chi connectivity index (χ2v) is 4.20. The molecule has 108 valence electrons. The van der Waals surface area contributed by atoms with Crippen molar-refractivity contribution < 1.29 is 24.1 Å². The Bertz CT molecular complexity index is 680. The summed E-state index contributed by atoms with van der Waals surface area (Å²) < 4.78 is 19.4. The summed E-state index contributed by atoms with van der Waals surface area (Å²) in [6.45, 7) is -0.245. The number of carboxylic acid groups (broad SMARTS) is 1. The van der Waals surface area contributed by atoms with Crippen molar-refractivity contribution in [3.8, 4) is 11.5 Å². The van der Waals surface area contributed by atoms with Gasteiger partial charge in [0.2, 0.25) is 0 Å². The summed E-state index contributed by atoms with van der Waals surface area (Å²) in [4.78, 5) is 10.6. The summed E-state index contributed by atoms with van der Waals surface area (Å²) in [5.41, 5.74) is 0.805. The van der Waals surface area contributed by atoms with E-state index in [0.717, 1.165) is 6.08 Å². The lowest BCUT2D eigenvalue weighted by Gasteiger charge is -2.12. The Labute approximate surface area is 120 Å². The summed E-state index contributed by atoms with van der Waals surface area (Å²) in [7, 11) is 0. The van der Waals surface area contributed by atoms with E-state index in [2.05, 4.69) is 0 Å². The van der Waals surface area contributed by atoms with Gasteiger partial charge in [0.05, 0.1) is 6.61 Å². The predicted octanol–water partition coefficient (Wildman–Crippen LogP) is 3.21. The molecular weight excluding hydrogens is 275 g/mol. The Morgan fingerprint density at radius 3 is 2.67 bits per heavy atom. The first kappa shape index (κ1) is 14.7. The third kappa shape index (κ3) is 3.67. The monoisotopic (exact) mass is 288 g/mol. The van der Waals surface area contributed by atoms with Crippen LogP contribution in [0.25, 0.3) is 6.08 Å². The Kier molecular flexibility index (Phi) is 4.68. The summed E-state index contributed by atoms with van der Waals surface area (Å²) in [6.07, 6.45) is 2.15. The number of rotatable bonds is 5. The summed E-state index contributed by atoms with van der Waals surface area (Å²) in [5.74, 6) is -1.53. The fourth-order valence-electron chi connectivity index (χ4n) is 1.77. The quantitative estimate of drug-likeness (QED) is 0.829. The number of aliphatic carboxylic acids is 1. The third-order valence-electron chi connectivity index (χ3n) is 2.76. The van der Waals surface area contributed by atoms with Gasteiger partial charge in [0.25, 0.3) is 0 Å². The van der Waals surface area contributed by atoms with Crippen LogP contribution in [0, 0.1) is 5.82 Å². The minimum absolute atomic E-state index is 0.0871. The molecule has 0 fully saturated rings. The molecule has 0 aliphatic carbocycles. The van der Waals surface area contributed by atoms with Crippen LogP contribution < -0.4 is 4.74 Å². The summed E-state index contributed by atoms with van der Waals surface area (Å²) >= 11 is 0. The highest BCUT2D eigenvalue weighted by molar-refractivity contribution is 5.86. The van der Waals surface area contributed by atoms with Gasteiger partial charge in [0, 0.05) is 17.2 Å². The molecular formula is C16H13FO4. The number of carboxylic acids is 1. The fraction of sp³-hybridized carbons (Fsp3) is 0.0625. The first-order valence-corrected chi connectivity index (χ1v) is 6.18. The van der Waals surface area contributed by atoms with E-state index in [1.54, 1.807) is 30.3 Å². The normalized spacial score (nSPS) is 10.8. The van der Waals surface area contributed by atoms with E-state index in [0.29, 0.717) is 16.9 Å². The van der Waals surface area contributed by atoms with Gasteiger partial charge in [0.1, 0.15) is 5.75 Å². The van der Waals surface area contributed by atoms with Gasteiger partial charge in [0.15, 0.2) is 11.6 Å². The summed E-state index contributed by atoms with van der Waals surface area (Å²) in [6, 6.07) is 10.9. The number of benzene rings is 2. The average molecular weight is 288 g/mol. The van der Waals surface area contributed by atoms with E-state index < -0.39 is 11.8 Å². The number of carbonyl (C=O) groups is 1. The molecule has 0 amide bonds. The zero-order valence-electron chi connectivity index (χ0n) is 11.0. The van der Waals surface area contributed by atoms with E-state index in [-0.39, 0.29) is 12.4 Å². The van der Waals surface area contributed by atoms with Crippen LogP contribution in [0.3, 0.4) is 0 Å². The van der Waals surface area contributed by atoms with Crippen molar-refractivity contribution in [1.82, 2.24) is 0 Å². The topological polar surface area (TPSA) is 66.8 Å². The van der Waals surface area contributed by atoms with Gasteiger partial charge in [-0.25, -0.2) is 9.18 Å². The van der Waals surface area contributed by atoms with Crippen molar-refractivity contribution in [2.75, 3.05) is 0 Å². The van der Waals surface area contributed by atoms with E-state index >= 15 is 0 Å². The Hall–Kier alpha value is -2.66. The van der Waals surface area contributed by atoms with Crippen LogP contribution in [0.2, 0.25) is 0 Å². The van der Waals surface area contributed by atoms with E-state index in [9.17, 15) is 14.3 Å². The van der Waals surface area contributed by atoms with Crippen LogP contribution in [-0.4, -0.2) is 16.2 Å². The number of halogens is 1. The van der Waals surface area contributed by atoms with Gasteiger partial charge in [-0.15, -0.1) is 0 Å². The van der Waals surface area contributed by atoms with Gasteiger partial charge < -0.3 is 14.9 Å². The van der Waals surface area contributed by atoms with Crippen molar-refractivity contribution >= 4 is 12.0 Å². The maximum absolute atomic E-state index is 13.9. The second kappa shape index (κ2) is 6.67. The molecule has 21 heavy (non-hydrogen) atoms. The third-order valence-corrected chi connectivity index (χ3v) is 2.76. The standard InChI is InChI=1S/C16H13FO4/c17-13-6-3-5-11(8-9-15(19)20)16(13)21-14-7-2-1-4-12(14)10-18/h1-9,18H,10H2,(H,19,20)/b9-8+. The molecule has 2 aromatic carbocycles. The zero-order valence-corrected chi connectivity index (χ0v) is 11.0. The molecule has 0 radical (unpaired) electrons. The molecule has 0 spiro atoms. The lowest BCUT2D eigenvalue weighted by Crippen LogP contribution is -1.96. The molecule has 0 saturated heterocycles. The largest absolute Gasteiger partial charge is 0.478 e. The number of hydrogen-bond acceptors (Lipinski definition) is 3. The van der Waals surface area contributed by atoms with E-state index in [4.69, 9.17) is 9.84 Å². The fourth-order valence-corrected chi connectivity index (χ4v) is 1.77. The molecule has 0 atom stereocenters. The molecule has 2 aromatic rings. The van der Waals surface area contributed by atoms with Crippen molar-refractivity contribution in [1.29, 1.82) is 0 Å². The minimum atomic E-state index is -1.14. The van der Waals surface area contributed by atoms with Gasteiger partial charge in [-0.3, -0.25) is 0 Å². The first-order valence-electron chi connectivity index (χ1n) is 6.18. The predicted molar refractivity (Wildman–Crippen MR) is 75.5 cm³/mol. The van der Waals surface area contributed by atoms with Gasteiger partial charge in [-0.2, -0.15) is 0 Å². The SMILES string of the molecule is O=C(O)/C=C/c1cccc(F)c1Oc1ccccc1CO. The molecule has 5 heteroatoms. The first-order chi connectivity index (χ1) is 10.1. The molecule has 0 aliphatic heterocycles. The molecule has 0 heterocycles. The molecule has 2 rings (SSSR count). The van der Waals surface area contributed by atoms with E-state index in [1.807, 2.05) is 0 Å². The maximum atomic E-state index is 13.9. The Balaban J connectivity index is 2.41. The Morgan fingerprint density at radius 2 is 1.95 bits per heavy atom. The van der Waals surface area contributed by atoms with Crippen molar-refractivity contribution in [2.24, 2.45) is 0 Å². The van der Waals surface area contributed by atoms with Crippen LogP contribution >= 0.6 is 0 Å². The van der Waals surface area contributed by atoms with Gasteiger partial charge >= 0.3 is 5.97 Å². The zero-order chi connectivity index (χ0) is 15.2. The van der Waals surface area contributed by atoms with Gasteiger partial charge in [-0.05, 0) is 18.2 Å². The molecule has 0 saturated carbocycles. The van der Waals surface area contributed by atoms with Crippen LogP contribution in [-0.2, 0) is 11.4 Å². The lowest BCUT2D eigenvalue weighted by atomic mass is 10.1. The molecule has 0 aliphatic rings. The highest BCUT2D eigenvalue weighted by Crippen LogP contribution is 2.31. The smallest absolute Gasteiger partial charge is 0.328 e. The minimum Gasteiger partial charge on any atom is -0.478 e. The maximum Gasteiger partial charge on any atom is 0.328 e. The lowest BCUT2D eigenvalue weighted by molar-refractivity contribution is -0.131. The molecule has 0 bridgehead atoms. The summed E-state index contributed by atoms with van der Waals surface area (Å²) in [5, 5.41) is 17.9. The molecule has 2 N–H and O–H groups in total. The van der Waals surface area contributed by atoms with E-state index in [1.165, 1.54) is 18.2 Å². The number of ether oxygens (including phenoxy) is 1. The molecule has 0 unspecified atom stereocenters. The number of para-hydroxylation sites is 2. The van der Waals surface area contributed by atoms with Crippen molar-refractivity contribution in [3.63, 3.8) is 0 Å². The van der Waals surface area contributed by atoms with Crippen LogP contribution in [0.1, 0.15) is 11.1 Å². The molecule has 4 nitrogen and oxygen atoms in total. The molecule has 0 aromatic heterocycles. The number of aliphatic hydroxyl groups excluding tert-OH is 1. The highest BCUT2D eigenvalue weighted by Gasteiger charge is 2.11. The highest BCUT2D eigenvalue weighted by atomic mass is 19.1. The second-order valence-electron chi connectivity index (χ2n) is 4.20. The van der Waals surface area contributed by atoms with Crippen LogP contribution in [0.4, 0.5) is 4.39 Å². The van der Waals surface area contributed by atoms with Crippen molar-refractivity contribution in [3.05, 3.63) is 65.5 Å². The van der Waals surface area contributed by atoms with Crippen LogP contribution in [0.5, 0.6) is 11.5 Å². The number of aliphatic hydroxyl groups is 1.